The highest BCUT2D eigenvalue weighted by Crippen LogP contribution is 2.37. The molecule has 2 aliphatic rings. The number of Topliss-reactive ketones (excluding diaryl/α,β-unsaturated/α-hetero) is 1. The van der Waals surface area contributed by atoms with Crippen LogP contribution in [-0.2, 0) is 14.4 Å². The molecule has 5 nitrogen and oxygen atoms in total. The Morgan fingerprint density at radius 1 is 1.23 bits per heavy atom. The first-order chi connectivity index (χ1) is 10.5. The maximum atomic E-state index is 12.9. The Labute approximate surface area is 138 Å². The van der Waals surface area contributed by atoms with Crippen molar-refractivity contribution in [3.63, 3.8) is 0 Å². The van der Waals surface area contributed by atoms with Gasteiger partial charge in [0, 0.05) is 13.1 Å². The van der Waals surface area contributed by atoms with Gasteiger partial charge in [0.2, 0.25) is 5.91 Å². The lowest BCUT2D eigenvalue weighted by Gasteiger charge is -2.36. The van der Waals surface area contributed by atoms with Gasteiger partial charge in [-0.05, 0) is 30.5 Å². The zero-order valence-corrected chi connectivity index (χ0v) is 13.6. The van der Waals surface area contributed by atoms with Crippen LogP contribution in [0.5, 0.6) is 0 Å². The summed E-state index contributed by atoms with van der Waals surface area (Å²) in [6.45, 7) is 1.22. The number of hydrogen-bond acceptors (Lipinski definition) is 4. The van der Waals surface area contributed by atoms with Crippen LogP contribution in [0.1, 0.15) is 24.3 Å². The summed E-state index contributed by atoms with van der Waals surface area (Å²) in [7, 11) is 1.60. The van der Waals surface area contributed by atoms with Crippen molar-refractivity contribution >= 4 is 34.9 Å². The molecule has 0 radical (unpaired) electrons. The summed E-state index contributed by atoms with van der Waals surface area (Å²) >= 11 is 11.9. The summed E-state index contributed by atoms with van der Waals surface area (Å²) in [4.78, 5) is 30.4. The lowest BCUT2D eigenvalue weighted by Crippen LogP contribution is -2.54. The lowest BCUT2D eigenvalue weighted by atomic mass is 9.81. The minimum Gasteiger partial charge on any atom is -0.343 e. The first-order valence-electron chi connectivity index (χ1n) is 7.07. The van der Waals surface area contributed by atoms with Crippen LogP contribution >= 0.6 is 23.2 Å². The zero-order valence-electron chi connectivity index (χ0n) is 12.1. The molecule has 22 heavy (non-hydrogen) atoms. The molecule has 1 atom stereocenters. The highest BCUT2D eigenvalue weighted by molar-refractivity contribution is 6.42. The van der Waals surface area contributed by atoms with Crippen LogP contribution in [0.25, 0.3) is 0 Å². The van der Waals surface area contributed by atoms with E-state index in [1.807, 2.05) is 0 Å². The number of hydroxylamine groups is 2. The molecular formula is C15H16Cl2N2O3. The summed E-state index contributed by atoms with van der Waals surface area (Å²) in [5.74, 6) is -1.18. The Morgan fingerprint density at radius 3 is 2.50 bits per heavy atom. The maximum Gasteiger partial charge on any atom is 0.235 e. The van der Waals surface area contributed by atoms with Gasteiger partial charge in [-0.2, -0.15) is 5.06 Å². The molecule has 1 amide bonds. The molecule has 1 spiro atoms. The van der Waals surface area contributed by atoms with Crippen LogP contribution in [0.4, 0.5) is 0 Å². The topological polar surface area (TPSA) is 58.6 Å². The number of nitrogens with one attached hydrogen (secondary N) is 1. The molecule has 2 saturated heterocycles. The number of piperidine rings is 1. The Kier molecular flexibility index (Phi) is 4.16. The van der Waals surface area contributed by atoms with Gasteiger partial charge in [0.1, 0.15) is 11.5 Å². The molecule has 1 N–H and O–H groups in total. The van der Waals surface area contributed by atoms with Crippen molar-refractivity contribution in [3.05, 3.63) is 33.8 Å². The normalized spacial score (nSPS) is 24.8. The van der Waals surface area contributed by atoms with Gasteiger partial charge in [-0.25, -0.2) is 0 Å². The van der Waals surface area contributed by atoms with Crippen molar-refractivity contribution in [2.24, 2.45) is 0 Å². The number of carbonyl (C=O) groups is 2. The number of ketones is 1. The van der Waals surface area contributed by atoms with E-state index in [0.29, 0.717) is 41.5 Å². The van der Waals surface area contributed by atoms with Gasteiger partial charge in [0.15, 0.2) is 5.78 Å². The second kappa shape index (κ2) is 5.81. The monoisotopic (exact) mass is 342 g/mol. The van der Waals surface area contributed by atoms with E-state index in [9.17, 15) is 9.59 Å². The molecule has 1 aromatic rings. The number of rotatable bonds is 2. The fourth-order valence-electron chi connectivity index (χ4n) is 3.18. The van der Waals surface area contributed by atoms with Crippen molar-refractivity contribution < 1.29 is 14.4 Å². The molecular weight excluding hydrogens is 327 g/mol. The summed E-state index contributed by atoms with van der Waals surface area (Å²) < 4.78 is 0. The minimum atomic E-state index is -0.816. The van der Waals surface area contributed by atoms with Crippen molar-refractivity contribution in [2.75, 3.05) is 20.2 Å². The van der Waals surface area contributed by atoms with Crippen LogP contribution in [0.2, 0.25) is 10.0 Å². The number of amides is 1. The van der Waals surface area contributed by atoms with E-state index in [1.165, 1.54) is 0 Å². The maximum absolute atomic E-state index is 12.9. The molecule has 7 heteroatoms. The van der Waals surface area contributed by atoms with E-state index in [-0.39, 0.29) is 11.7 Å². The Morgan fingerprint density at radius 2 is 1.91 bits per heavy atom. The smallest absolute Gasteiger partial charge is 0.235 e. The Hall–Kier alpha value is -1.14. The van der Waals surface area contributed by atoms with Crippen molar-refractivity contribution in [2.45, 2.75) is 24.3 Å². The molecule has 2 fully saturated rings. The number of carbonyl (C=O) groups excluding carboxylic acids is 2. The van der Waals surface area contributed by atoms with Crippen molar-refractivity contribution in [3.8, 4) is 0 Å². The van der Waals surface area contributed by atoms with E-state index < -0.39 is 11.5 Å². The number of nitrogens with zero attached hydrogens (tertiary/aromatic N) is 1. The molecule has 0 aromatic heterocycles. The first-order valence-corrected chi connectivity index (χ1v) is 7.83. The molecule has 0 bridgehead atoms. The largest absolute Gasteiger partial charge is 0.343 e. The summed E-state index contributed by atoms with van der Waals surface area (Å²) in [6, 6.07) is 4.88. The molecule has 1 unspecified atom stereocenters. The third kappa shape index (κ3) is 2.52. The number of halogens is 2. The van der Waals surface area contributed by atoms with E-state index in [0.717, 1.165) is 0 Å². The molecule has 0 saturated carbocycles. The van der Waals surface area contributed by atoms with Crippen molar-refractivity contribution in [1.82, 2.24) is 10.4 Å². The molecule has 0 aliphatic carbocycles. The number of benzene rings is 1. The molecule has 118 valence electrons. The van der Waals surface area contributed by atoms with E-state index in [2.05, 4.69) is 5.32 Å². The molecule has 2 heterocycles. The highest BCUT2D eigenvalue weighted by atomic mass is 35.5. The van der Waals surface area contributed by atoms with Gasteiger partial charge in [-0.3, -0.25) is 9.59 Å². The minimum absolute atomic E-state index is 0.0911. The Bertz CT molecular complexity index is 627. The fraction of sp³-hybridized carbons (Fsp3) is 0.467. The summed E-state index contributed by atoms with van der Waals surface area (Å²) in [5.41, 5.74) is -0.203. The van der Waals surface area contributed by atoms with Crippen LogP contribution in [-0.4, -0.2) is 42.5 Å². The predicted octanol–water partition coefficient (Wildman–Crippen LogP) is 2.17. The molecule has 2 aliphatic heterocycles. The fourth-order valence-corrected chi connectivity index (χ4v) is 3.49. The van der Waals surface area contributed by atoms with Gasteiger partial charge >= 0.3 is 0 Å². The highest BCUT2D eigenvalue weighted by Gasteiger charge is 2.54. The van der Waals surface area contributed by atoms with Crippen LogP contribution in [0.15, 0.2) is 18.2 Å². The molecule has 3 rings (SSSR count). The summed E-state index contributed by atoms with van der Waals surface area (Å²) in [6.07, 6.45) is 1.09. The van der Waals surface area contributed by atoms with E-state index in [1.54, 1.807) is 30.4 Å². The van der Waals surface area contributed by atoms with Crippen LogP contribution in [0, 0.1) is 0 Å². The standard InChI is InChI=1S/C15H16Cl2N2O3/c1-22-19-6-4-15(5-7-19)13(20)12(14(21)18-15)9-2-3-10(16)11(17)8-9/h2-3,8,12H,4-7H2,1H3,(H,18,21). The zero-order chi connectivity index (χ0) is 15.9. The second-order valence-electron chi connectivity index (χ2n) is 5.65. The Balaban J connectivity index is 1.87. The van der Waals surface area contributed by atoms with Gasteiger partial charge in [-0.1, -0.05) is 29.3 Å². The third-order valence-corrected chi connectivity index (χ3v) is 5.21. The lowest BCUT2D eigenvalue weighted by molar-refractivity contribution is -0.156. The van der Waals surface area contributed by atoms with Crippen LogP contribution < -0.4 is 5.32 Å². The quantitative estimate of drug-likeness (QED) is 0.837. The predicted molar refractivity (Wildman–Crippen MR) is 82.9 cm³/mol. The third-order valence-electron chi connectivity index (χ3n) is 4.47. The van der Waals surface area contributed by atoms with E-state index >= 15 is 0 Å². The average molecular weight is 343 g/mol. The van der Waals surface area contributed by atoms with E-state index in [4.69, 9.17) is 28.0 Å². The van der Waals surface area contributed by atoms with Crippen molar-refractivity contribution in [1.29, 1.82) is 0 Å². The SMILES string of the molecule is CON1CCC2(CC1)NC(=O)C(c1ccc(Cl)c(Cl)c1)C2=O. The van der Waals surface area contributed by atoms with Gasteiger partial charge in [-0.15, -0.1) is 0 Å². The average Bonchev–Trinajstić information content (AvgIpc) is 2.74. The van der Waals surface area contributed by atoms with Crippen LogP contribution in [0.3, 0.4) is 0 Å². The second-order valence-corrected chi connectivity index (χ2v) is 6.47. The van der Waals surface area contributed by atoms with Gasteiger partial charge in [0.25, 0.3) is 0 Å². The number of hydrogen-bond donors (Lipinski definition) is 1. The first kappa shape index (κ1) is 15.7. The molecule has 1 aromatic carbocycles. The van der Waals surface area contributed by atoms with Gasteiger partial charge in [0.05, 0.1) is 17.2 Å². The van der Waals surface area contributed by atoms with Gasteiger partial charge < -0.3 is 10.2 Å². The summed E-state index contributed by atoms with van der Waals surface area (Å²) in [5, 5.41) is 5.43.